The lowest BCUT2D eigenvalue weighted by atomic mass is 10.3. The van der Waals surface area contributed by atoms with Crippen LogP contribution in [0.1, 0.15) is 13.3 Å². The predicted octanol–water partition coefficient (Wildman–Crippen LogP) is 1.33. The number of hydrogen-bond donors (Lipinski definition) is 2. The molecule has 0 aliphatic heterocycles. The maximum absolute atomic E-state index is 8.97. The first-order valence-corrected chi connectivity index (χ1v) is 5.30. The van der Waals surface area contributed by atoms with Crippen molar-refractivity contribution in [2.75, 3.05) is 37.0 Å². The van der Waals surface area contributed by atoms with Gasteiger partial charge in [0, 0.05) is 20.1 Å². The average Bonchev–Trinajstić information content (AvgIpc) is 2.29. The Morgan fingerprint density at radius 2 is 2.20 bits per heavy atom. The van der Waals surface area contributed by atoms with Crippen LogP contribution in [-0.4, -0.2) is 36.8 Å². The van der Waals surface area contributed by atoms with Crippen LogP contribution < -0.4 is 10.2 Å². The fourth-order valence-corrected chi connectivity index (χ4v) is 1.50. The molecule has 4 heteroatoms. The number of hydrogen-bond acceptors (Lipinski definition) is 4. The van der Waals surface area contributed by atoms with Crippen LogP contribution in [0.5, 0.6) is 0 Å². The molecule has 0 fully saturated rings. The van der Waals surface area contributed by atoms with Crippen molar-refractivity contribution in [2.24, 2.45) is 0 Å². The summed E-state index contributed by atoms with van der Waals surface area (Å²) in [7, 11) is 1.87. The van der Waals surface area contributed by atoms with E-state index >= 15 is 0 Å². The van der Waals surface area contributed by atoms with E-state index in [-0.39, 0.29) is 6.61 Å². The summed E-state index contributed by atoms with van der Waals surface area (Å²) in [6.07, 6.45) is 4.67. The van der Waals surface area contributed by atoms with Crippen molar-refractivity contribution in [3.05, 3.63) is 18.5 Å². The molecule has 0 aromatic carbocycles. The lowest BCUT2D eigenvalue weighted by Crippen LogP contribution is -2.27. The van der Waals surface area contributed by atoms with E-state index in [1.54, 1.807) is 6.20 Å². The molecule has 0 aliphatic rings. The van der Waals surface area contributed by atoms with E-state index in [1.165, 1.54) is 0 Å². The zero-order valence-electron chi connectivity index (χ0n) is 9.40. The predicted molar refractivity (Wildman–Crippen MR) is 63.4 cm³/mol. The van der Waals surface area contributed by atoms with Gasteiger partial charge in [0.25, 0.3) is 0 Å². The Hall–Kier alpha value is -1.29. The summed E-state index contributed by atoms with van der Waals surface area (Å²) in [5.41, 5.74) is 2.05. The molecule has 1 aromatic rings. The van der Waals surface area contributed by atoms with Gasteiger partial charge in [-0.2, -0.15) is 0 Å². The molecule has 0 atom stereocenters. The van der Waals surface area contributed by atoms with Gasteiger partial charge in [-0.1, -0.05) is 6.92 Å². The van der Waals surface area contributed by atoms with E-state index in [2.05, 4.69) is 22.1 Å². The summed E-state index contributed by atoms with van der Waals surface area (Å²) >= 11 is 0. The highest BCUT2D eigenvalue weighted by atomic mass is 16.3. The van der Waals surface area contributed by atoms with Crippen LogP contribution in [0.3, 0.4) is 0 Å². The Labute approximate surface area is 90.9 Å². The minimum absolute atomic E-state index is 0.170. The molecule has 1 aromatic heterocycles. The topological polar surface area (TPSA) is 48.4 Å². The molecule has 0 spiro atoms. The highest BCUT2D eigenvalue weighted by Gasteiger charge is 2.05. The third-order valence-electron chi connectivity index (χ3n) is 2.24. The molecule has 0 aliphatic carbocycles. The first-order valence-electron chi connectivity index (χ1n) is 5.30. The minimum Gasteiger partial charge on any atom is -0.395 e. The summed E-state index contributed by atoms with van der Waals surface area (Å²) < 4.78 is 0. The number of rotatable bonds is 6. The SMILES string of the molecule is CCCN(CCO)c1cncc(NC)c1. The van der Waals surface area contributed by atoms with Crippen LogP contribution in [0.4, 0.5) is 11.4 Å². The van der Waals surface area contributed by atoms with Crippen LogP contribution in [0.25, 0.3) is 0 Å². The van der Waals surface area contributed by atoms with Crippen LogP contribution in [0.2, 0.25) is 0 Å². The summed E-state index contributed by atoms with van der Waals surface area (Å²) in [4.78, 5) is 6.29. The third kappa shape index (κ3) is 3.40. The molecule has 15 heavy (non-hydrogen) atoms. The van der Waals surface area contributed by atoms with Crippen LogP contribution in [0.15, 0.2) is 18.5 Å². The summed E-state index contributed by atoms with van der Waals surface area (Å²) in [5, 5.41) is 12.0. The third-order valence-corrected chi connectivity index (χ3v) is 2.24. The molecule has 4 nitrogen and oxygen atoms in total. The van der Waals surface area contributed by atoms with E-state index in [0.717, 1.165) is 24.3 Å². The van der Waals surface area contributed by atoms with Crippen LogP contribution in [0, 0.1) is 0 Å². The molecule has 1 heterocycles. The van der Waals surface area contributed by atoms with Gasteiger partial charge in [0.15, 0.2) is 0 Å². The Morgan fingerprint density at radius 1 is 1.40 bits per heavy atom. The fraction of sp³-hybridized carbons (Fsp3) is 0.545. The molecule has 2 N–H and O–H groups in total. The molecule has 0 amide bonds. The molecule has 0 bridgehead atoms. The second kappa shape index (κ2) is 6.24. The zero-order chi connectivity index (χ0) is 11.1. The lowest BCUT2D eigenvalue weighted by Gasteiger charge is -2.23. The maximum atomic E-state index is 8.97. The average molecular weight is 209 g/mol. The number of anilines is 2. The van der Waals surface area contributed by atoms with E-state index in [1.807, 2.05) is 19.3 Å². The zero-order valence-corrected chi connectivity index (χ0v) is 9.40. The van der Waals surface area contributed by atoms with Crippen LogP contribution >= 0.6 is 0 Å². The van der Waals surface area contributed by atoms with Gasteiger partial charge in [-0.05, 0) is 12.5 Å². The Bertz CT molecular complexity index is 285. The van der Waals surface area contributed by atoms with Gasteiger partial charge in [-0.25, -0.2) is 0 Å². The smallest absolute Gasteiger partial charge is 0.0606 e. The number of aliphatic hydroxyl groups excluding tert-OH is 1. The molecule has 84 valence electrons. The fourth-order valence-electron chi connectivity index (χ4n) is 1.50. The van der Waals surface area contributed by atoms with Crippen molar-refractivity contribution in [1.82, 2.24) is 4.98 Å². The molecular weight excluding hydrogens is 190 g/mol. The van der Waals surface area contributed by atoms with Gasteiger partial charge in [0.05, 0.1) is 30.4 Å². The highest BCUT2D eigenvalue weighted by molar-refractivity contribution is 5.55. The van der Waals surface area contributed by atoms with Gasteiger partial charge in [-0.3, -0.25) is 4.98 Å². The van der Waals surface area contributed by atoms with Crippen LogP contribution in [-0.2, 0) is 0 Å². The van der Waals surface area contributed by atoms with Crippen molar-refractivity contribution in [3.63, 3.8) is 0 Å². The maximum Gasteiger partial charge on any atom is 0.0606 e. The van der Waals surface area contributed by atoms with Gasteiger partial charge in [-0.15, -0.1) is 0 Å². The monoisotopic (exact) mass is 209 g/mol. The van der Waals surface area contributed by atoms with E-state index < -0.39 is 0 Å². The number of aromatic nitrogens is 1. The number of nitrogens with zero attached hydrogens (tertiary/aromatic N) is 2. The minimum atomic E-state index is 0.170. The quantitative estimate of drug-likeness (QED) is 0.742. The van der Waals surface area contributed by atoms with Gasteiger partial charge in [0.1, 0.15) is 0 Å². The van der Waals surface area contributed by atoms with E-state index in [0.29, 0.717) is 6.54 Å². The number of aliphatic hydroxyl groups is 1. The summed E-state index contributed by atoms with van der Waals surface area (Å²) in [6.45, 7) is 3.89. The Balaban J connectivity index is 2.79. The molecule has 0 unspecified atom stereocenters. The second-order valence-corrected chi connectivity index (χ2v) is 3.39. The molecular formula is C11H19N3O. The van der Waals surface area contributed by atoms with Gasteiger partial charge < -0.3 is 15.3 Å². The van der Waals surface area contributed by atoms with Gasteiger partial charge in [0.2, 0.25) is 0 Å². The number of pyridine rings is 1. The second-order valence-electron chi connectivity index (χ2n) is 3.39. The Morgan fingerprint density at radius 3 is 2.80 bits per heavy atom. The summed E-state index contributed by atoms with van der Waals surface area (Å²) in [5.74, 6) is 0. The van der Waals surface area contributed by atoms with Crippen molar-refractivity contribution in [2.45, 2.75) is 13.3 Å². The lowest BCUT2D eigenvalue weighted by molar-refractivity contribution is 0.302. The highest BCUT2D eigenvalue weighted by Crippen LogP contribution is 2.17. The first-order chi connectivity index (χ1) is 7.31. The number of nitrogens with one attached hydrogen (secondary N) is 1. The van der Waals surface area contributed by atoms with Crippen molar-refractivity contribution < 1.29 is 5.11 Å². The van der Waals surface area contributed by atoms with Crippen molar-refractivity contribution in [1.29, 1.82) is 0 Å². The molecule has 1 rings (SSSR count). The molecule has 0 saturated heterocycles. The summed E-state index contributed by atoms with van der Waals surface area (Å²) in [6, 6.07) is 2.04. The molecule has 0 saturated carbocycles. The Kier molecular flexibility index (Phi) is 4.90. The van der Waals surface area contributed by atoms with Crippen molar-refractivity contribution >= 4 is 11.4 Å². The normalized spacial score (nSPS) is 10.1. The molecule has 0 radical (unpaired) electrons. The van der Waals surface area contributed by atoms with E-state index in [4.69, 9.17) is 5.11 Å². The first kappa shape index (κ1) is 11.8. The van der Waals surface area contributed by atoms with Gasteiger partial charge >= 0.3 is 0 Å². The van der Waals surface area contributed by atoms with Crippen molar-refractivity contribution in [3.8, 4) is 0 Å². The largest absolute Gasteiger partial charge is 0.395 e. The van der Waals surface area contributed by atoms with E-state index in [9.17, 15) is 0 Å². The standard InChI is InChI=1S/C11H19N3O/c1-3-4-14(5-6-15)11-7-10(12-2)8-13-9-11/h7-9,12,15H,3-6H2,1-2H3.